The van der Waals surface area contributed by atoms with E-state index in [1.165, 1.54) is 6.26 Å². The van der Waals surface area contributed by atoms with Crippen LogP contribution in [0.4, 0.5) is 0 Å². The molecule has 0 rings (SSSR count). The first kappa shape index (κ1) is 14.0. The summed E-state index contributed by atoms with van der Waals surface area (Å²) in [7, 11) is 0. The Morgan fingerprint density at radius 1 is 1.64 bits per heavy atom. The third-order valence-electron chi connectivity index (χ3n) is 1.21. The Labute approximate surface area is 102 Å². The summed E-state index contributed by atoms with van der Waals surface area (Å²) in [5.74, 6) is -0.442. The number of halogens is 3. The molecule has 0 aromatic carbocycles. The van der Waals surface area contributed by atoms with Crippen molar-refractivity contribution in [2.75, 3.05) is 0 Å². The summed E-state index contributed by atoms with van der Waals surface area (Å²) in [6.45, 7) is 5.02. The minimum atomic E-state index is -0.921. The van der Waals surface area contributed by atoms with E-state index in [-0.39, 0.29) is 0 Å². The standard InChI is InChI=1S/C9H11BrCl2O2/c1-7(2)8(13)14-6-4-3-5-9(10,11)12/h4,6H,1,3,5H2,2H3. The van der Waals surface area contributed by atoms with Crippen molar-refractivity contribution in [2.24, 2.45) is 0 Å². The number of carbonyl (C=O) groups is 1. The van der Waals surface area contributed by atoms with Gasteiger partial charge in [0.15, 0.2) is 3.24 Å². The monoisotopic (exact) mass is 300 g/mol. The van der Waals surface area contributed by atoms with E-state index in [1.807, 2.05) is 0 Å². The van der Waals surface area contributed by atoms with Crippen LogP contribution in [-0.2, 0) is 9.53 Å². The van der Waals surface area contributed by atoms with Gasteiger partial charge < -0.3 is 4.74 Å². The predicted octanol–water partition coefficient (Wildman–Crippen LogP) is 3.93. The topological polar surface area (TPSA) is 26.3 Å². The van der Waals surface area contributed by atoms with Crippen molar-refractivity contribution in [1.82, 2.24) is 0 Å². The zero-order valence-corrected chi connectivity index (χ0v) is 10.8. The van der Waals surface area contributed by atoms with Crippen LogP contribution in [0.5, 0.6) is 0 Å². The second-order valence-corrected chi connectivity index (χ2v) is 6.46. The summed E-state index contributed by atoms with van der Waals surface area (Å²) in [6.07, 6.45) is 4.12. The Morgan fingerprint density at radius 2 is 2.21 bits per heavy atom. The summed E-state index contributed by atoms with van der Waals surface area (Å²) in [6, 6.07) is 0. The number of allylic oxidation sites excluding steroid dienone is 1. The number of rotatable bonds is 5. The molecular formula is C9H11BrCl2O2. The largest absolute Gasteiger partial charge is 0.431 e. The molecule has 0 saturated heterocycles. The Balaban J connectivity index is 3.66. The van der Waals surface area contributed by atoms with Gasteiger partial charge in [0.05, 0.1) is 6.26 Å². The third-order valence-corrected chi connectivity index (χ3v) is 1.99. The van der Waals surface area contributed by atoms with Crippen LogP contribution >= 0.6 is 39.1 Å². The quantitative estimate of drug-likeness (QED) is 0.333. The molecule has 0 heterocycles. The van der Waals surface area contributed by atoms with Gasteiger partial charge in [-0.3, -0.25) is 0 Å². The normalized spacial score (nSPS) is 11.7. The van der Waals surface area contributed by atoms with Crippen molar-refractivity contribution in [3.05, 3.63) is 24.5 Å². The first-order valence-corrected chi connectivity index (χ1v) is 5.46. The highest BCUT2D eigenvalue weighted by molar-refractivity contribution is 9.11. The van der Waals surface area contributed by atoms with E-state index in [1.54, 1.807) is 13.0 Å². The lowest BCUT2D eigenvalue weighted by Gasteiger charge is -2.07. The molecular weight excluding hydrogens is 291 g/mol. The van der Waals surface area contributed by atoms with Crippen molar-refractivity contribution in [3.63, 3.8) is 0 Å². The van der Waals surface area contributed by atoms with Gasteiger partial charge in [0, 0.05) is 5.57 Å². The van der Waals surface area contributed by atoms with Crippen LogP contribution in [-0.4, -0.2) is 9.21 Å². The number of alkyl halides is 3. The van der Waals surface area contributed by atoms with Gasteiger partial charge in [0.1, 0.15) is 0 Å². The van der Waals surface area contributed by atoms with Gasteiger partial charge in [-0.1, -0.05) is 29.8 Å². The number of ether oxygens (including phenoxy) is 1. The molecule has 0 aliphatic rings. The minimum absolute atomic E-state index is 0.360. The minimum Gasteiger partial charge on any atom is -0.431 e. The lowest BCUT2D eigenvalue weighted by Crippen LogP contribution is -2.00. The first-order chi connectivity index (χ1) is 6.33. The van der Waals surface area contributed by atoms with Crippen LogP contribution < -0.4 is 0 Å². The molecule has 0 radical (unpaired) electrons. The van der Waals surface area contributed by atoms with Gasteiger partial charge in [0.2, 0.25) is 0 Å². The maximum atomic E-state index is 10.9. The third kappa shape index (κ3) is 8.60. The van der Waals surface area contributed by atoms with Crippen LogP contribution in [0.2, 0.25) is 0 Å². The van der Waals surface area contributed by atoms with Gasteiger partial charge >= 0.3 is 5.97 Å². The molecule has 5 heteroatoms. The Bertz CT molecular complexity index is 244. The van der Waals surface area contributed by atoms with Crippen molar-refractivity contribution in [1.29, 1.82) is 0 Å². The fraction of sp³-hybridized carbons (Fsp3) is 0.444. The maximum Gasteiger partial charge on any atom is 0.337 e. The molecule has 0 bridgehead atoms. The molecule has 0 N–H and O–H groups in total. The highest BCUT2D eigenvalue weighted by Crippen LogP contribution is 2.33. The lowest BCUT2D eigenvalue weighted by atomic mass is 10.3. The second kappa shape index (κ2) is 6.49. The molecule has 0 aliphatic carbocycles. The molecule has 0 atom stereocenters. The van der Waals surface area contributed by atoms with E-state index >= 15 is 0 Å². The summed E-state index contributed by atoms with van der Waals surface area (Å²) in [5.41, 5.74) is 0.360. The Morgan fingerprint density at radius 3 is 2.64 bits per heavy atom. The van der Waals surface area contributed by atoms with Gasteiger partial charge in [-0.25, -0.2) is 4.79 Å². The van der Waals surface area contributed by atoms with Gasteiger partial charge in [-0.05, 0) is 41.8 Å². The Kier molecular flexibility index (Phi) is 6.49. The highest BCUT2D eigenvalue weighted by atomic mass is 79.9. The average molecular weight is 302 g/mol. The van der Waals surface area contributed by atoms with Crippen molar-refractivity contribution in [3.8, 4) is 0 Å². The fourth-order valence-electron chi connectivity index (χ4n) is 0.526. The van der Waals surface area contributed by atoms with Crippen LogP contribution in [0.3, 0.4) is 0 Å². The number of hydrogen-bond donors (Lipinski definition) is 0. The molecule has 14 heavy (non-hydrogen) atoms. The number of carbonyl (C=O) groups excluding carboxylic acids is 1. The fourth-order valence-corrected chi connectivity index (χ4v) is 0.973. The molecule has 0 unspecified atom stereocenters. The number of esters is 1. The highest BCUT2D eigenvalue weighted by Gasteiger charge is 2.16. The molecule has 0 aromatic rings. The van der Waals surface area contributed by atoms with E-state index in [0.717, 1.165) is 0 Å². The van der Waals surface area contributed by atoms with Gasteiger partial charge in [-0.2, -0.15) is 0 Å². The predicted molar refractivity (Wildman–Crippen MR) is 62.6 cm³/mol. The number of hydrogen-bond acceptors (Lipinski definition) is 2. The molecule has 0 amide bonds. The molecule has 0 spiro atoms. The van der Waals surface area contributed by atoms with Crippen LogP contribution in [0, 0.1) is 0 Å². The molecule has 0 fully saturated rings. The van der Waals surface area contributed by atoms with Crippen LogP contribution in [0.15, 0.2) is 24.5 Å². The second-order valence-electron chi connectivity index (χ2n) is 2.71. The molecule has 0 saturated carbocycles. The van der Waals surface area contributed by atoms with Gasteiger partial charge in [-0.15, -0.1) is 0 Å². The van der Waals surface area contributed by atoms with Gasteiger partial charge in [0.25, 0.3) is 0 Å². The van der Waals surface area contributed by atoms with Crippen molar-refractivity contribution >= 4 is 45.1 Å². The molecule has 2 nitrogen and oxygen atoms in total. The van der Waals surface area contributed by atoms with E-state index in [4.69, 9.17) is 27.9 Å². The first-order valence-electron chi connectivity index (χ1n) is 3.91. The zero-order valence-electron chi connectivity index (χ0n) is 7.73. The van der Waals surface area contributed by atoms with E-state index < -0.39 is 9.21 Å². The summed E-state index contributed by atoms with van der Waals surface area (Å²) in [5, 5.41) is 0. The lowest BCUT2D eigenvalue weighted by molar-refractivity contribution is -0.133. The van der Waals surface area contributed by atoms with Crippen molar-refractivity contribution < 1.29 is 9.53 Å². The van der Waals surface area contributed by atoms with E-state index in [0.29, 0.717) is 18.4 Å². The Hall–Kier alpha value is 0.01000. The summed E-state index contributed by atoms with van der Waals surface area (Å²) < 4.78 is 3.78. The average Bonchev–Trinajstić information content (AvgIpc) is 2.01. The van der Waals surface area contributed by atoms with Crippen molar-refractivity contribution in [2.45, 2.75) is 23.0 Å². The van der Waals surface area contributed by atoms with E-state index in [2.05, 4.69) is 22.5 Å². The summed E-state index contributed by atoms with van der Waals surface area (Å²) in [4.78, 5) is 10.9. The molecule has 0 aromatic heterocycles. The molecule has 0 aliphatic heterocycles. The summed E-state index contributed by atoms with van der Waals surface area (Å²) >= 11 is 14.4. The van der Waals surface area contributed by atoms with Crippen LogP contribution in [0.25, 0.3) is 0 Å². The van der Waals surface area contributed by atoms with Crippen LogP contribution in [0.1, 0.15) is 19.8 Å². The SMILES string of the molecule is C=C(C)C(=O)OC=CCCC(Cl)(Cl)Br. The molecule has 80 valence electrons. The maximum absolute atomic E-state index is 10.9. The zero-order chi connectivity index (χ0) is 11.2. The van der Waals surface area contributed by atoms with E-state index in [9.17, 15) is 4.79 Å². The smallest absolute Gasteiger partial charge is 0.337 e.